The van der Waals surface area contributed by atoms with Gasteiger partial charge in [0.15, 0.2) is 17.4 Å². The lowest BCUT2D eigenvalue weighted by Crippen LogP contribution is -2.12. The highest BCUT2D eigenvalue weighted by atomic mass is 32.2. The minimum Gasteiger partial charge on any atom is -0.744 e. The Hall–Kier alpha value is -2.52. The van der Waals surface area contributed by atoms with E-state index in [2.05, 4.69) is 6.58 Å². The summed E-state index contributed by atoms with van der Waals surface area (Å²) in [7, 11) is -5.75. The van der Waals surface area contributed by atoms with E-state index in [0.29, 0.717) is 5.56 Å². The Morgan fingerprint density at radius 2 is 1.48 bits per heavy atom. The summed E-state index contributed by atoms with van der Waals surface area (Å²) in [5.74, 6) is -10.3. The van der Waals surface area contributed by atoms with Gasteiger partial charge in [-0.3, -0.25) is 0 Å². The summed E-state index contributed by atoms with van der Waals surface area (Å²) in [5, 5.41) is 0. The first kappa shape index (κ1) is 20.5. The SMILES string of the molecule is C=Cc1ccc(COc2c(F)c(F)c(S(=O)(=O)[O-])c(F)c2F)cc1.[CH3+]. The van der Waals surface area contributed by atoms with Gasteiger partial charge in [-0.15, -0.1) is 0 Å². The third-order valence-electron chi connectivity index (χ3n) is 3.03. The zero-order valence-electron chi connectivity index (χ0n) is 12.9. The molecule has 0 bridgehead atoms. The van der Waals surface area contributed by atoms with Crippen molar-refractivity contribution in [1.29, 1.82) is 0 Å². The highest BCUT2D eigenvalue weighted by molar-refractivity contribution is 7.85. The Kier molecular flexibility index (Phi) is 6.22. The van der Waals surface area contributed by atoms with Crippen molar-refractivity contribution in [3.63, 3.8) is 0 Å². The minimum absolute atomic E-state index is 0. The van der Waals surface area contributed by atoms with Crippen molar-refractivity contribution in [3.8, 4) is 5.75 Å². The number of ether oxygens (including phenoxy) is 1. The van der Waals surface area contributed by atoms with Crippen LogP contribution in [0.2, 0.25) is 0 Å². The smallest absolute Gasteiger partial charge is 0.205 e. The normalized spacial score (nSPS) is 10.9. The monoisotopic (exact) mass is 376 g/mol. The highest BCUT2D eigenvalue weighted by Gasteiger charge is 2.30. The van der Waals surface area contributed by atoms with E-state index in [1.165, 1.54) is 12.1 Å². The van der Waals surface area contributed by atoms with Gasteiger partial charge in [0.1, 0.15) is 21.6 Å². The average Bonchev–Trinajstić information content (AvgIpc) is 2.52. The van der Waals surface area contributed by atoms with Gasteiger partial charge in [0, 0.05) is 7.43 Å². The maximum atomic E-state index is 13.7. The molecule has 0 N–H and O–H groups in total. The summed E-state index contributed by atoms with van der Waals surface area (Å²) in [6.07, 6.45) is 1.55. The van der Waals surface area contributed by atoms with E-state index < -0.39 is 50.6 Å². The Labute approximate surface area is 142 Å². The number of halogens is 4. The van der Waals surface area contributed by atoms with Crippen molar-refractivity contribution in [2.24, 2.45) is 0 Å². The Morgan fingerprint density at radius 3 is 1.88 bits per heavy atom. The molecule has 2 aromatic rings. The molecule has 4 nitrogen and oxygen atoms in total. The summed E-state index contributed by atoms with van der Waals surface area (Å²) in [4.78, 5) is -2.22. The molecule has 0 amide bonds. The first-order valence-electron chi connectivity index (χ1n) is 6.32. The second-order valence-corrected chi connectivity index (χ2v) is 5.92. The van der Waals surface area contributed by atoms with Crippen LogP contribution in [0.4, 0.5) is 17.6 Å². The maximum absolute atomic E-state index is 13.7. The van der Waals surface area contributed by atoms with Crippen LogP contribution in [0, 0.1) is 30.7 Å². The van der Waals surface area contributed by atoms with Crippen LogP contribution < -0.4 is 4.74 Å². The number of hydrogen-bond acceptors (Lipinski definition) is 4. The molecule has 0 radical (unpaired) electrons. The van der Waals surface area contributed by atoms with Gasteiger partial charge in [0.05, 0.1) is 0 Å². The lowest BCUT2D eigenvalue weighted by molar-refractivity contribution is 0.256. The predicted molar refractivity (Wildman–Crippen MR) is 81.5 cm³/mol. The fraction of sp³-hybridized carbons (Fsp3) is 0.0625. The van der Waals surface area contributed by atoms with Gasteiger partial charge in [-0.25, -0.2) is 17.2 Å². The van der Waals surface area contributed by atoms with Crippen LogP contribution in [-0.2, 0) is 16.7 Å². The molecule has 0 saturated carbocycles. The number of benzene rings is 2. The van der Waals surface area contributed by atoms with Crippen molar-refractivity contribution in [2.45, 2.75) is 11.5 Å². The van der Waals surface area contributed by atoms with Gasteiger partial charge in [0.25, 0.3) is 0 Å². The van der Waals surface area contributed by atoms with Gasteiger partial charge in [-0.05, 0) is 11.1 Å². The van der Waals surface area contributed by atoms with Crippen molar-refractivity contribution < 1.29 is 35.3 Å². The van der Waals surface area contributed by atoms with Gasteiger partial charge in [0.2, 0.25) is 11.6 Å². The largest absolute Gasteiger partial charge is 0.744 e. The molecule has 0 heterocycles. The molecule has 2 rings (SSSR count). The zero-order valence-corrected chi connectivity index (χ0v) is 13.7. The van der Waals surface area contributed by atoms with Gasteiger partial charge in [-0.2, -0.15) is 8.78 Å². The number of rotatable bonds is 5. The molecule has 2 aromatic carbocycles. The fourth-order valence-electron chi connectivity index (χ4n) is 1.84. The molecule has 0 atom stereocenters. The Balaban J connectivity index is 0.00000312. The van der Waals surface area contributed by atoms with Gasteiger partial charge in [-0.1, -0.05) is 36.9 Å². The maximum Gasteiger partial charge on any atom is 0.205 e. The van der Waals surface area contributed by atoms with E-state index in [0.717, 1.165) is 5.56 Å². The summed E-state index contributed by atoms with van der Waals surface area (Å²) in [6, 6.07) is 6.28. The van der Waals surface area contributed by atoms with E-state index in [1.54, 1.807) is 18.2 Å². The van der Waals surface area contributed by atoms with Crippen LogP contribution in [0.15, 0.2) is 35.7 Å². The van der Waals surface area contributed by atoms with Crippen LogP contribution >= 0.6 is 0 Å². The molecule has 0 aliphatic rings. The molecular weight excluding hydrogens is 364 g/mol. The second kappa shape index (κ2) is 7.58. The summed E-state index contributed by atoms with van der Waals surface area (Å²) >= 11 is 0. The quantitative estimate of drug-likeness (QED) is 0.344. The van der Waals surface area contributed by atoms with Crippen LogP contribution in [0.25, 0.3) is 6.08 Å². The second-order valence-electron chi connectivity index (χ2n) is 4.60. The molecule has 0 aromatic heterocycles. The van der Waals surface area contributed by atoms with E-state index in [9.17, 15) is 30.5 Å². The third kappa shape index (κ3) is 4.12. The lowest BCUT2D eigenvalue weighted by Gasteiger charge is -2.14. The van der Waals surface area contributed by atoms with Gasteiger partial charge < -0.3 is 9.29 Å². The van der Waals surface area contributed by atoms with Crippen molar-refractivity contribution in [1.82, 2.24) is 0 Å². The average molecular weight is 376 g/mol. The zero-order chi connectivity index (χ0) is 18.1. The predicted octanol–water partition coefficient (Wildman–Crippen LogP) is 3.82. The Bertz CT molecular complexity index is 864. The molecule has 25 heavy (non-hydrogen) atoms. The van der Waals surface area contributed by atoms with E-state index in [4.69, 9.17) is 4.74 Å². The molecule has 0 saturated heterocycles. The molecule has 0 spiro atoms. The number of hydrogen-bond donors (Lipinski definition) is 0. The molecule has 9 heteroatoms. The van der Waals surface area contributed by atoms with Crippen molar-refractivity contribution >= 4 is 16.2 Å². The van der Waals surface area contributed by atoms with Crippen LogP contribution in [0.3, 0.4) is 0 Å². The first-order chi connectivity index (χ1) is 11.2. The van der Waals surface area contributed by atoms with Gasteiger partial charge >= 0.3 is 0 Å². The molecule has 0 aliphatic carbocycles. The van der Waals surface area contributed by atoms with Crippen molar-refractivity contribution in [2.75, 3.05) is 0 Å². The highest BCUT2D eigenvalue weighted by Crippen LogP contribution is 2.32. The topological polar surface area (TPSA) is 66.4 Å². The fourth-order valence-corrected chi connectivity index (χ4v) is 2.46. The standard InChI is InChI=1S/C15H10F4O4S.CH3/c1-2-8-3-5-9(6-4-8)7-23-14-10(16)12(18)15(24(20,21)22)13(19)11(14)17;/h2-6H,1,7H2,(H,20,21,22);1H3/q;+1/p-1. The molecule has 0 fully saturated rings. The van der Waals surface area contributed by atoms with E-state index in [1.807, 2.05) is 0 Å². The molecule has 134 valence electrons. The summed E-state index contributed by atoms with van der Waals surface area (Å²) in [6.45, 7) is 3.09. The molecular formula is C16H12F4O4S. The summed E-state index contributed by atoms with van der Waals surface area (Å²) in [5.41, 5.74) is 1.18. The van der Waals surface area contributed by atoms with Crippen LogP contribution in [0.5, 0.6) is 5.75 Å². The van der Waals surface area contributed by atoms with Crippen LogP contribution in [-0.4, -0.2) is 13.0 Å². The lowest BCUT2D eigenvalue weighted by atomic mass is 10.1. The Morgan fingerprint density at radius 1 is 1.00 bits per heavy atom. The van der Waals surface area contributed by atoms with E-state index >= 15 is 0 Å². The van der Waals surface area contributed by atoms with Crippen LogP contribution in [0.1, 0.15) is 11.1 Å². The molecule has 0 aliphatic heterocycles. The van der Waals surface area contributed by atoms with Crippen molar-refractivity contribution in [3.05, 3.63) is 72.7 Å². The molecule has 0 unspecified atom stereocenters. The minimum atomic E-state index is -5.75. The van der Waals surface area contributed by atoms with E-state index in [-0.39, 0.29) is 7.43 Å². The third-order valence-corrected chi connectivity index (χ3v) is 3.89. The first-order valence-corrected chi connectivity index (χ1v) is 7.73. The summed E-state index contributed by atoms with van der Waals surface area (Å²) < 4.78 is 91.4.